The molecule has 2 rings (SSSR count). The number of hydrogen-bond acceptors (Lipinski definition) is 2. The van der Waals surface area contributed by atoms with Crippen molar-refractivity contribution in [3.63, 3.8) is 0 Å². The molecule has 1 N–H and O–H groups in total. The molecule has 1 aromatic heterocycles. The van der Waals surface area contributed by atoms with Gasteiger partial charge in [-0.1, -0.05) is 45.4 Å². The molecule has 0 spiro atoms. The third kappa shape index (κ3) is 3.37. The summed E-state index contributed by atoms with van der Waals surface area (Å²) in [6, 6.07) is 9.10. The fourth-order valence-corrected chi connectivity index (χ4v) is 2.95. The van der Waals surface area contributed by atoms with Gasteiger partial charge in [-0.3, -0.25) is 4.98 Å². The Balaban J connectivity index is 2.39. The van der Waals surface area contributed by atoms with Crippen LogP contribution in [-0.2, 0) is 0 Å². The lowest BCUT2D eigenvalue weighted by molar-refractivity contribution is 0.365. The van der Waals surface area contributed by atoms with Gasteiger partial charge in [0.2, 0.25) is 0 Å². The first-order chi connectivity index (χ1) is 9.77. The van der Waals surface area contributed by atoms with Gasteiger partial charge in [0.1, 0.15) is 0 Å². The minimum Gasteiger partial charge on any atom is -0.310 e. The number of hydrogen-bond donors (Lipinski definition) is 1. The minimum absolute atomic E-state index is 0.419. The van der Waals surface area contributed by atoms with E-state index in [4.69, 9.17) is 0 Å². The molecule has 0 bridgehead atoms. The second-order valence-electron chi connectivity index (χ2n) is 5.64. The summed E-state index contributed by atoms with van der Waals surface area (Å²) in [4.78, 5) is 4.31. The van der Waals surface area contributed by atoms with E-state index in [1.165, 1.54) is 35.6 Å². The zero-order chi connectivity index (χ0) is 14.4. The maximum Gasteiger partial charge on any atom is 0.0352 e. The summed E-state index contributed by atoms with van der Waals surface area (Å²) < 4.78 is 0. The summed E-state index contributed by atoms with van der Waals surface area (Å²) in [6.07, 6.45) is 7.52. The molecule has 1 heterocycles. The van der Waals surface area contributed by atoms with Crippen molar-refractivity contribution in [3.05, 3.63) is 42.2 Å². The monoisotopic (exact) mass is 270 g/mol. The maximum atomic E-state index is 4.31. The highest BCUT2D eigenvalue weighted by atomic mass is 14.9. The van der Waals surface area contributed by atoms with Crippen LogP contribution in [0, 0.1) is 5.92 Å². The Morgan fingerprint density at radius 3 is 2.75 bits per heavy atom. The molecule has 2 aromatic rings. The van der Waals surface area contributed by atoms with Crippen molar-refractivity contribution in [2.24, 2.45) is 5.92 Å². The van der Waals surface area contributed by atoms with Crippen LogP contribution in [-0.4, -0.2) is 11.5 Å². The zero-order valence-electron chi connectivity index (χ0n) is 12.9. The highest BCUT2D eigenvalue weighted by Gasteiger charge is 2.19. The predicted octanol–water partition coefficient (Wildman–Crippen LogP) is 4.71. The van der Waals surface area contributed by atoms with Gasteiger partial charge in [0.25, 0.3) is 0 Å². The first-order valence-electron chi connectivity index (χ1n) is 7.84. The first kappa shape index (κ1) is 15.0. The summed E-state index contributed by atoms with van der Waals surface area (Å²) in [7, 11) is 0. The Morgan fingerprint density at radius 2 is 2.00 bits per heavy atom. The van der Waals surface area contributed by atoms with Crippen LogP contribution in [0.1, 0.15) is 51.6 Å². The van der Waals surface area contributed by atoms with Crippen LogP contribution in [0.15, 0.2) is 36.7 Å². The SMILES string of the molecule is CCCNC(c1cccc2ccncc12)C(C)CCC. The summed E-state index contributed by atoms with van der Waals surface area (Å²) in [5.74, 6) is 0.636. The van der Waals surface area contributed by atoms with Gasteiger partial charge in [0, 0.05) is 23.8 Å². The zero-order valence-corrected chi connectivity index (χ0v) is 12.9. The molecule has 0 saturated carbocycles. The normalized spacial score (nSPS) is 14.3. The fourth-order valence-electron chi connectivity index (χ4n) is 2.95. The number of aromatic nitrogens is 1. The van der Waals surface area contributed by atoms with Crippen LogP contribution in [0.25, 0.3) is 10.8 Å². The highest BCUT2D eigenvalue weighted by Crippen LogP contribution is 2.30. The maximum absolute atomic E-state index is 4.31. The minimum atomic E-state index is 0.419. The summed E-state index contributed by atoms with van der Waals surface area (Å²) >= 11 is 0. The van der Waals surface area contributed by atoms with E-state index in [0.29, 0.717) is 12.0 Å². The lowest BCUT2D eigenvalue weighted by Gasteiger charge is -2.26. The van der Waals surface area contributed by atoms with Crippen molar-refractivity contribution in [2.75, 3.05) is 6.54 Å². The molecule has 20 heavy (non-hydrogen) atoms. The van der Waals surface area contributed by atoms with E-state index in [2.05, 4.69) is 55.3 Å². The van der Waals surface area contributed by atoms with E-state index in [-0.39, 0.29) is 0 Å². The molecule has 108 valence electrons. The molecule has 0 aliphatic carbocycles. The lowest BCUT2D eigenvalue weighted by Crippen LogP contribution is -2.28. The molecule has 2 nitrogen and oxygen atoms in total. The van der Waals surface area contributed by atoms with E-state index in [9.17, 15) is 0 Å². The molecule has 1 aromatic carbocycles. The van der Waals surface area contributed by atoms with E-state index in [1.807, 2.05) is 12.4 Å². The Kier molecular flexibility index (Phi) is 5.54. The highest BCUT2D eigenvalue weighted by molar-refractivity contribution is 5.85. The van der Waals surface area contributed by atoms with Gasteiger partial charge < -0.3 is 5.32 Å². The van der Waals surface area contributed by atoms with Crippen molar-refractivity contribution in [2.45, 2.75) is 46.1 Å². The third-order valence-electron chi connectivity index (χ3n) is 3.98. The van der Waals surface area contributed by atoms with Gasteiger partial charge in [-0.15, -0.1) is 0 Å². The quantitative estimate of drug-likeness (QED) is 0.788. The van der Waals surface area contributed by atoms with Gasteiger partial charge in [-0.25, -0.2) is 0 Å². The van der Waals surface area contributed by atoms with Crippen LogP contribution < -0.4 is 5.32 Å². The van der Waals surface area contributed by atoms with Gasteiger partial charge >= 0.3 is 0 Å². The summed E-state index contributed by atoms with van der Waals surface area (Å²) in [5.41, 5.74) is 1.39. The standard InChI is InChI=1S/C18H26N2/c1-4-7-14(3)18(20-11-5-2)16-9-6-8-15-10-12-19-13-17(15)16/h6,8-10,12-14,18,20H,4-5,7,11H2,1-3H3. The van der Waals surface area contributed by atoms with Gasteiger partial charge in [0.15, 0.2) is 0 Å². The van der Waals surface area contributed by atoms with Crippen molar-refractivity contribution < 1.29 is 0 Å². The van der Waals surface area contributed by atoms with Crippen LogP contribution in [0.5, 0.6) is 0 Å². The van der Waals surface area contributed by atoms with Crippen molar-refractivity contribution in [3.8, 4) is 0 Å². The van der Waals surface area contributed by atoms with Crippen LogP contribution in [0.4, 0.5) is 0 Å². The van der Waals surface area contributed by atoms with E-state index >= 15 is 0 Å². The number of benzene rings is 1. The molecule has 2 atom stereocenters. The van der Waals surface area contributed by atoms with Gasteiger partial charge in [-0.05, 0) is 42.3 Å². The predicted molar refractivity (Wildman–Crippen MR) is 86.8 cm³/mol. The van der Waals surface area contributed by atoms with Crippen LogP contribution >= 0.6 is 0 Å². The number of rotatable bonds is 7. The molecule has 2 unspecified atom stereocenters. The Labute approximate surface area is 122 Å². The molecule has 0 amide bonds. The third-order valence-corrected chi connectivity index (χ3v) is 3.98. The number of fused-ring (bicyclic) bond motifs is 1. The number of pyridine rings is 1. The Morgan fingerprint density at radius 1 is 1.15 bits per heavy atom. The molecular formula is C18H26N2. The molecule has 0 radical (unpaired) electrons. The molecule has 0 saturated heterocycles. The average molecular weight is 270 g/mol. The van der Waals surface area contributed by atoms with Gasteiger partial charge in [-0.2, -0.15) is 0 Å². The second kappa shape index (κ2) is 7.39. The number of nitrogens with zero attached hydrogens (tertiary/aromatic N) is 1. The van der Waals surface area contributed by atoms with Crippen LogP contribution in [0.3, 0.4) is 0 Å². The second-order valence-corrected chi connectivity index (χ2v) is 5.64. The van der Waals surface area contributed by atoms with Crippen molar-refractivity contribution in [1.29, 1.82) is 0 Å². The largest absolute Gasteiger partial charge is 0.310 e. The Hall–Kier alpha value is -1.41. The van der Waals surface area contributed by atoms with E-state index in [1.54, 1.807) is 0 Å². The molecule has 0 fully saturated rings. The molecule has 0 aliphatic heterocycles. The molecule has 0 aliphatic rings. The summed E-state index contributed by atoms with van der Waals surface area (Å²) in [5, 5.41) is 6.30. The molecular weight excluding hydrogens is 244 g/mol. The summed E-state index contributed by atoms with van der Waals surface area (Å²) in [6.45, 7) is 7.90. The van der Waals surface area contributed by atoms with E-state index in [0.717, 1.165) is 6.54 Å². The first-order valence-corrected chi connectivity index (χ1v) is 7.84. The molecule has 2 heteroatoms. The topological polar surface area (TPSA) is 24.9 Å². The Bertz CT molecular complexity index is 530. The number of nitrogens with one attached hydrogen (secondary N) is 1. The smallest absolute Gasteiger partial charge is 0.0352 e. The average Bonchev–Trinajstić information content (AvgIpc) is 2.48. The van der Waals surface area contributed by atoms with Gasteiger partial charge in [0.05, 0.1) is 0 Å². The lowest BCUT2D eigenvalue weighted by atomic mass is 9.88. The fraction of sp³-hybridized carbons (Fsp3) is 0.500. The van der Waals surface area contributed by atoms with Crippen molar-refractivity contribution in [1.82, 2.24) is 10.3 Å². The van der Waals surface area contributed by atoms with E-state index < -0.39 is 0 Å². The van der Waals surface area contributed by atoms with Crippen molar-refractivity contribution >= 4 is 10.8 Å². The van der Waals surface area contributed by atoms with Crippen LogP contribution in [0.2, 0.25) is 0 Å².